The number of ether oxygens (including phenoxy) is 2. The Bertz CT molecular complexity index is 499. The summed E-state index contributed by atoms with van der Waals surface area (Å²) in [6.07, 6.45) is 0. The summed E-state index contributed by atoms with van der Waals surface area (Å²) < 4.78 is 10.0. The Labute approximate surface area is 109 Å². The summed E-state index contributed by atoms with van der Waals surface area (Å²) in [5, 5.41) is 18.2. The zero-order valence-electron chi connectivity index (χ0n) is 10.5. The number of carboxylic acid groups (broad SMARTS) is 2. The normalized spacial score (nSPS) is 11.7. The van der Waals surface area contributed by atoms with Gasteiger partial charge in [-0.2, -0.15) is 0 Å². The number of aliphatic carboxylic acids is 1. The predicted octanol–water partition coefficient (Wildman–Crippen LogP) is 0.529. The molecule has 4 N–H and O–H groups in total. The molecule has 0 spiro atoms. The van der Waals surface area contributed by atoms with Crippen LogP contribution in [0.15, 0.2) is 12.1 Å². The third-order valence-corrected chi connectivity index (χ3v) is 2.69. The first-order valence-corrected chi connectivity index (χ1v) is 5.38. The Kier molecular flexibility index (Phi) is 4.71. The van der Waals surface area contributed by atoms with Crippen molar-refractivity contribution in [1.29, 1.82) is 0 Å². The first-order valence-electron chi connectivity index (χ1n) is 5.38. The van der Waals surface area contributed by atoms with Crippen molar-refractivity contribution in [2.45, 2.75) is 5.92 Å². The minimum absolute atomic E-state index is 0.0919. The largest absolute Gasteiger partial charge is 0.496 e. The average Bonchev–Trinajstić information content (AvgIpc) is 2.38. The van der Waals surface area contributed by atoms with Crippen LogP contribution >= 0.6 is 0 Å². The van der Waals surface area contributed by atoms with Gasteiger partial charge in [-0.25, -0.2) is 4.79 Å². The van der Waals surface area contributed by atoms with E-state index < -0.39 is 17.9 Å². The fourth-order valence-electron chi connectivity index (χ4n) is 1.72. The molecular formula is C12H15NO6. The van der Waals surface area contributed by atoms with E-state index in [0.717, 1.165) is 0 Å². The van der Waals surface area contributed by atoms with Gasteiger partial charge >= 0.3 is 11.9 Å². The maximum atomic E-state index is 11.1. The lowest BCUT2D eigenvalue weighted by molar-refractivity contribution is -0.138. The molecule has 0 fully saturated rings. The minimum Gasteiger partial charge on any atom is -0.496 e. The van der Waals surface area contributed by atoms with Crippen LogP contribution in [0.2, 0.25) is 0 Å². The predicted molar refractivity (Wildman–Crippen MR) is 65.9 cm³/mol. The summed E-state index contributed by atoms with van der Waals surface area (Å²) >= 11 is 0. The van der Waals surface area contributed by atoms with Crippen LogP contribution in [0.1, 0.15) is 21.8 Å². The van der Waals surface area contributed by atoms with Gasteiger partial charge in [0, 0.05) is 18.2 Å². The SMILES string of the molecule is COc1cc(OC)c(C(CN)C(=O)O)cc1C(=O)O. The molecule has 1 rings (SSSR count). The van der Waals surface area contributed by atoms with Crippen LogP contribution in [-0.2, 0) is 4.79 Å². The highest BCUT2D eigenvalue weighted by atomic mass is 16.5. The van der Waals surface area contributed by atoms with Gasteiger partial charge in [0.25, 0.3) is 0 Å². The van der Waals surface area contributed by atoms with Crippen LogP contribution in [0.5, 0.6) is 11.5 Å². The topological polar surface area (TPSA) is 119 Å². The fraction of sp³-hybridized carbons (Fsp3) is 0.333. The highest BCUT2D eigenvalue weighted by Gasteiger charge is 2.25. The molecule has 0 radical (unpaired) electrons. The first-order chi connectivity index (χ1) is 8.96. The zero-order valence-corrected chi connectivity index (χ0v) is 10.5. The monoisotopic (exact) mass is 269 g/mol. The lowest BCUT2D eigenvalue weighted by atomic mass is 9.95. The van der Waals surface area contributed by atoms with Gasteiger partial charge in [0.2, 0.25) is 0 Å². The first kappa shape index (κ1) is 14.8. The van der Waals surface area contributed by atoms with Crippen molar-refractivity contribution in [2.24, 2.45) is 5.73 Å². The van der Waals surface area contributed by atoms with Crippen molar-refractivity contribution < 1.29 is 29.3 Å². The van der Waals surface area contributed by atoms with Gasteiger partial charge in [0.15, 0.2) is 0 Å². The number of carbonyl (C=O) groups is 2. The Balaban J connectivity index is 3.49. The number of methoxy groups -OCH3 is 2. The van der Waals surface area contributed by atoms with E-state index in [4.69, 9.17) is 25.4 Å². The van der Waals surface area contributed by atoms with Crippen molar-refractivity contribution >= 4 is 11.9 Å². The lowest BCUT2D eigenvalue weighted by Gasteiger charge is -2.17. The maximum Gasteiger partial charge on any atom is 0.339 e. The average molecular weight is 269 g/mol. The molecular weight excluding hydrogens is 254 g/mol. The number of hydrogen-bond acceptors (Lipinski definition) is 5. The summed E-state index contributed by atoms with van der Waals surface area (Å²) in [6.45, 7) is -0.170. The lowest BCUT2D eigenvalue weighted by Crippen LogP contribution is -2.22. The molecule has 0 aliphatic heterocycles. The van der Waals surface area contributed by atoms with E-state index in [1.165, 1.54) is 26.4 Å². The van der Waals surface area contributed by atoms with Crippen molar-refractivity contribution in [3.05, 3.63) is 23.3 Å². The van der Waals surface area contributed by atoms with Crippen LogP contribution in [0.4, 0.5) is 0 Å². The third kappa shape index (κ3) is 2.94. The van der Waals surface area contributed by atoms with E-state index in [-0.39, 0.29) is 29.2 Å². The van der Waals surface area contributed by atoms with Gasteiger partial charge in [-0.3, -0.25) is 4.79 Å². The second-order valence-electron chi connectivity index (χ2n) is 3.73. The summed E-state index contributed by atoms with van der Waals surface area (Å²) in [6, 6.07) is 2.55. The number of nitrogens with two attached hydrogens (primary N) is 1. The van der Waals surface area contributed by atoms with E-state index in [1.54, 1.807) is 0 Å². The van der Waals surface area contributed by atoms with Crippen molar-refractivity contribution in [3.8, 4) is 11.5 Å². The van der Waals surface area contributed by atoms with Gasteiger partial charge in [0.05, 0.1) is 20.1 Å². The van der Waals surface area contributed by atoms with E-state index in [9.17, 15) is 9.59 Å². The van der Waals surface area contributed by atoms with E-state index in [1.807, 2.05) is 0 Å². The minimum atomic E-state index is -1.22. The Morgan fingerprint density at radius 3 is 2.16 bits per heavy atom. The summed E-state index contributed by atoms with van der Waals surface area (Å²) in [7, 11) is 2.67. The number of carboxylic acids is 2. The van der Waals surface area contributed by atoms with E-state index in [0.29, 0.717) is 0 Å². The molecule has 0 aromatic heterocycles. The molecule has 0 saturated carbocycles. The Hall–Kier alpha value is -2.28. The zero-order chi connectivity index (χ0) is 14.6. The van der Waals surface area contributed by atoms with Crippen LogP contribution in [0, 0.1) is 0 Å². The molecule has 0 bridgehead atoms. The molecule has 19 heavy (non-hydrogen) atoms. The van der Waals surface area contributed by atoms with E-state index in [2.05, 4.69) is 0 Å². The van der Waals surface area contributed by atoms with Crippen LogP contribution < -0.4 is 15.2 Å². The summed E-state index contributed by atoms with van der Waals surface area (Å²) in [5.74, 6) is -3.10. The van der Waals surface area contributed by atoms with Crippen molar-refractivity contribution in [2.75, 3.05) is 20.8 Å². The molecule has 1 atom stereocenters. The highest BCUT2D eigenvalue weighted by Crippen LogP contribution is 2.33. The van der Waals surface area contributed by atoms with Gasteiger partial charge in [-0.15, -0.1) is 0 Å². The standard InChI is InChI=1S/C12H15NO6/c1-18-9-4-10(19-2)7(11(14)15)3-6(9)8(5-13)12(16)17/h3-4,8H,5,13H2,1-2H3,(H,14,15)(H,16,17). The van der Waals surface area contributed by atoms with Gasteiger partial charge in [0.1, 0.15) is 17.1 Å². The molecule has 1 aromatic rings. The number of hydrogen-bond donors (Lipinski definition) is 3. The van der Waals surface area contributed by atoms with Crippen LogP contribution in [0.25, 0.3) is 0 Å². The molecule has 0 aliphatic rings. The molecule has 0 heterocycles. The quantitative estimate of drug-likeness (QED) is 0.689. The van der Waals surface area contributed by atoms with Crippen LogP contribution in [-0.4, -0.2) is 42.9 Å². The van der Waals surface area contributed by atoms with Gasteiger partial charge in [-0.1, -0.05) is 0 Å². The fourth-order valence-corrected chi connectivity index (χ4v) is 1.72. The third-order valence-electron chi connectivity index (χ3n) is 2.69. The van der Waals surface area contributed by atoms with Crippen molar-refractivity contribution in [1.82, 2.24) is 0 Å². The molecule has 104 valence electrons. The maximum absolute atomic E-state index is 11.1. The highest BCUT2D eigenvalue weighted by molar-refractivity contribution is 5.92. The molecule has 0 saturated heterocycles. The second-order valence-corrected chi connectivity index (χ2v) is 3.73. The molecule has 7 heteroatoms. The second kappa shape index (κ2) is 6.05. The van der Waals surface area contributed by atoms with Crippen LogP contribution in [0.3, 0.4) is 0 Å². The number of rotatable bonds is 6. The molecule has 7 nitrogen and oxygen atoms in total. The molecule has 0 aliphatic carbocycles. The smallest absolute Gasteiger partial charge is 0.339 e. The number of aromatic carboxylic acids is 1. The van der Waals surface area contributed by atoms with Gasteiger partial charge < -0.3 is 25.4 Å². The summed E-state index contributed by atoms with van der Waals surface area (Å²) in [5.41, 5.74) is 5.47. The van der Waals surface area contributed by atoms with Crippen molar-refractivity contribution in [3.63, 3.8) is 0 Å². The van der Waals surface area contributed by atoms with E-state index >= 15 is 0 Å². The Morgan fingerprint density at radius 1 is 1.21 bits per heavy atom. The molecule has 1 aromatic carbocycles. The molecule has 1 unspecified atom stereocenters. The van der Waals surface area contributed by atoms with Gasteiger partial charge in [-0.05, 0) is 6.07 Å². The summed E-state index contributed by atoms with van der Waals surface area (Å²) in [4.78, 5) is 22.2. The number of benzene rings is 1. The molecule has 0 amide bonds. The Morgan fingerprint density at radius 2 is 1.79 bits per heavy atom.